The first-order valence-electron chi connectivity index (χ1n) is 8.88. The van der Waals surface area contributed by atoms with Gasteiger partial charge < -0.3 is 10.6 Å². The molecule has 0 aromatic carbocycles. The van der Waals surface area contributed by atoms with E-state index in [1.807, 2.05) is 6.92 Å². The highest BCUT2D eigenvalue weighted by Gasteiger charge is 2.64. The standard InChI is InChI=1S/C17H30N2O3/c1-3-4-15-7-14-8-16(10-15,5-6-18)12-17(9-14,11-15)13(2)22-19(20)21/h13-14H,3-12,18H2,1-2H3. The molecule has 4 fully saturated rings. The van der Waals surface area contributed by atoms with Crippen LogP contribution in [0.15, 0.2) is 0 Å². The molecule has 4 aliphatic carbocycles. The summed E-state index contributed by atoms with van der Waals surface area (Å²) in [6, 6.07) is 0. The Morgan fingerprint density at radius 3 is 2.41 bits per heavy atom. The molecule has 0 aromatic heterocycles. The summed E-state index contributed by atoms with van der Waals surface area (Å²) in [4.78, 5) is 15.9. The molecule has 0 aliphatic heterocycles. The van der Waals surface area contributed by atoms with Crippen LogP contribution in [0.5, 0.6) is 0 Å². The third kappa shape index (κ3) is 2.51. The van der Waals surface area contributed by atoms with Gasteiger partial charge in [0.05, 0.1) is 0 Å². The van der Waals surface area contributed by atoms with Crippen molar-refractivity contribution in [1.29, 1.82) is 0 Å². The summed E-state index contributed by atoms with van der Waals surface area (Å²) >= 11 is 0. The number of hydrogen-bond acceptors (Lipinski definition) is 4. The van der Waals surface area contributed by atoms with Crippen molar-refractivity contribution in [3.05, 3.63) is 10.1 Å². The van der Waals surface area contributed by atoms with E-state index in [1.165, 1.54) is 32.1 Å². The van der Waals surface area contributed by atoms with Crippen LogP contribution in [0.25, 0.3) is 0 Å². The highest BCUT2D eigenvalue weighted by atomic mass is 17.0. The second-order valence-electron chi connectivity index (χ2n) is 8.63. The molecule has 4 aliphatic rings. The molecular weight excluding hydrogens is 280 g/mol. The first-order valence-corrected chi connectivity index (χ1v) is 8.88. The molecule has 0 spiro atoms. The summed E-state index contributed by atoms with van der Waals surface area (Å²) in [6.45, 7) is 4.92. The Kier molecular flexibility index (Phi) is 3.91. The Bertz CT molecular complexity index is 431. The quantitative estimate of drug-likeness (QED) is 0.574. The topological polar surface area (TPSA) is 78.4 Å². The molecule has 126 valence electrons. The molecule has 0 saturated heterocycles. The maximum atomic E-state index is 10.9. The summed E-state index contributed by atoms with van der Waals surface area (Å²) in [5, 5.41) is 10.3. The molecule has 0 radical (unpaired) electrons. The molecule has 0 amide bonds. The van der Waals surface area contributed by atoms with Gasteiger partial charge in [0.1, 0.15) is 6.10 Å². The highest BCUT2D eigenvalue weighted by molar-refractivity contribution is 5.14. The summed E-state index contributed by atoms with van der Waals surface area (Å²) in [7, 11) is 0. The lowest BCUT2D eigenvalue weighted by Gasteiger charge is -2.68. The first kappa shape index (κ1) is 16.0. The van der Waals surface area contributed by atoms with Crippen molar-refractivity contribution in [2.45, 2.75) is 77.7 Å². The van der Waals surface area contributed by atoms with Gasteiger partial charge in [-0.25, -0.2) is 0 Å². The second-order valence-corrected chi connectivity index (χ2v) is 8.63. The van der Waals surface area contributed by atoms with Gasteiger partial charge in [-0.15, -0.1) is 10.1 Å². The fraction of sp³-hybridized carbons (Fsp3) is 1.00. The Hall–Kier alpha value is -0.840. The average Bonchev–Trinajstić information content (AvgIpc) is 2.35. The monoisotopic (exact) mass is 310 g/mol. The molecular formula is C17H30N2O3. The first-order chi connectivity index (χ1) is 10.4. The Labute approximate surface area is 133 Å². The van der Waals surface area contributed by atoms with Crippen molar-refractivity contribution < 1.29 is 9.92 Å². The van der Waals surface area contributed by atoms with Gasteiger partial charge in [0.25, 0.3) is 5.09 Å². The van der Waals surface area contributed by atoms with E-state index in [-0.39, 0.29) is 11.5 Å². The molecule has 0 aromatic rings. The van der Waals surface area contributed by atoms with E-state index in [0.29, 0.717) is 16.7 Å². The van der Waals surface area contributed by atoms with Crippen LogP contribution in [0.3, 0.4) is 0 Å². The third-order valence-electron chi connectivity index (χ3n) is 6.90. The zero-order chi connectivity index (χ0) is 16.0. The van der Waals surface area contributed by atoms with Crippen LogP contribution >= 0.6 is 0 Å². The Morgan fingerprint density at radius 1 is 1.23 bits per heavy atom. The van der Waals surface area contributed by atoms with E-state index in [9.17, 15) is 10.1 Å². The van der Waals surface area contributed by atoms with Crippen molar-refractivity contribution in [3.63, 3.8) is 0 Å². The van der Waals surface area contributed by atoms with Crippen LogP contribution in [0.2, 0.25) is 0 Å². The SMILES string of the molecule is CCCC12CC3CC(CCN)(C1)CC(C(C)O[N+](=O)[O-])(C3)C2. The van der Waals surface area contributed by atoms with Crippen LogP contribution in [-0.4, -0.2) is 17.7 Å². The minimum Gasteiger partial charge on any atom is -0.330 e. The largest absolute Gasteiger partial charge is 0.330 e. The zero-order valence-electron chi connectivity index (χ0n) is 14.0. The highest BCUT2D eigenvalue weighted by Crippen LogP contribution is 2.72. The van der Waals surface area contributed by atoms with E-state index in [2.05, 4.69) is 6.92 Å². The minimum atomic E-state index is -0.592. The lowest BCUT2D eigenvalue weighted by molar-refractivity contribution is -0.772. The van der Waals surface area contributed by atoms with Crippen LogP contribution < -0.4 is 5.73 Å². The fourth-order valence-corrected chi connectivity index (χ4v) is 7.01. The van der Waals surface area contributed by atoms with Gasteiger partial charge in [-0.3, -0.25) is 0 Å². The molecule has 5 atom stereocenters. The number of rotatable bonds is 7. The lowest BCUT2D eigenvalue weighted by atomic mass is 9.37. The van der Waals surface area contributed by atoms with Crippen LogP contribution in [0.1, 0.15) is 71.6 Å². The third-order valence-corrected chi connectivity index (χ3v) is 6.90. The molecule has 2 N–H and O–H groups in total. The fourth-order valence-electron chi connectivity index (χ4n) is 7.01. The van der Waals surface area contributed by atoms with E-state index in [4.69, 9.17) is 10.6 Å². The number of nitrogens with two attached hydrogens (primary N) is 1. The van der Waals surface area contributed by atoms with E-state index >= 15 is 0 Å². The maximum Gasteiger partial charge on any atom is 0.294 e. The molecule has 4 saturated carbocycles. The van der Waals surface area contributed by atoms with Gasteiger partial charge in [-0.2, -0.15) is 0 Å². The van der Waals surface area contributed by atoms with Crippen LogP contribution in [-0.2, 0) is 4.84 Å². The maximum absolute atomic E-state index is 10.9. The van der Waals surface area contributed by atoms with Crippen LogP contribution in [0, 0.1) is 32.3 Å². The van der Waals surface area contributed by atoms with Gasteiger partial charge in [0, 0.05) is 0 Å². The van der Waals surface area contributed by atoms with Gasteiger partial charge >= 0.3 is 0 Å². The van der Waals surface area contributed by atoms with E-state index < -0.39 is 5.09 Å². The zero-order valence-corrected chi connectivity index (χ0v) is 14.0. The molecule has 5 nitrogen and oxygen atoms in total. The van der Waals surface area contributed by atoms with Gasteiger partial charge in [0.15, 0.2) is 0 Å². The summed E-state index contributed by atoms with van der Waals surface area (Å²) in [5.74, 6) is 0.715. The van der Waals surface area contributed by atoms with E-state index in [0.717, 1.165) is 32.2 Å². The van der Waals surface area contributed by atoms with Crippen LogP contribution in [0.4, 0.5) is 0 Å². The second kappa shape index (κ2) is 5.36. The predicted molar refractivity (Wildman–Crippen MR) is 84.6 cm³/mol. The van der Waals surface area contributed by atoms with Crippen molar-refractivity contribution >= 4 is 0 Å². The molecule has 22 heavy (non-hydrogen) atoms. The smallest absolute Gasteiger partial charge is 0.294 e. The Morgan fingerprint density at radius 2 is 1.86 bits per heavy atom. The molecule has 5 unspecified atom stereocenters. The number of hydrogen-bond donors (Lipinski definition) is 1. The molecule has 5 heteroatoms. The van der Waals surface area contributed by atoms with Gasteiger partial charge in [-0.1, -0.05) is 13.3 Å². The van der Waals surface area contributed by atoms with Crippen molar-refractivity contribution in [1.82, 2.24) is 0 Å². The van der Waals surface area contributed by atoms with Crippen molar-refractivity contribution in [3.8, 4) is 0 Å². The predicted octanol–water partition coefficient (Wildman–Crippen LogP) is 3.69. The summed E-state index contributed by atoms with van der Waals surface area (Å²) in [6.07, 6.45) is 10.4. The molecule has 4 rings (SSSR count). The summed E-state index contributed by atoms with van der Waals surface area (Å²) < 4.78 is 0. The minimum absolute atomic E-state index is 0.00315. The molecule has 0 heterocycles. The van der Waals surface area contributed by atoms with E-state index in [1.54, 1.807) is 0 Å². The summed E-state index contributed by atoms with van der Waals surface area (Å²) in [5.41, 5.74) is 6.63. The van der Waals surface area contributed by atoms with Crippen molar-refractivity contribution in [2.24, 2.45) is 27.9 Å². The molecule has 4 bridgehead atoms. The normalized spacial score (nSPS) is 44.0. The number of nitrogens with zero attached hydrogens (tertiary/aromatic N) is 1. The van der Waals surface area contributed by atoms with Crippen molar-refractivity contribution in [2.75, 3.05) is 6.54 Å². The average molecular weight is 310 g/mol. The van der Waals surface area contributed by atoms with Gasteiger partial charge in [-0.05, 0) is 87.0 Å². The van der Waals surface area contributed by atoms with Gasteiger partial charge in [0.2, 0.25) is 0 Å². The Balaban J connectivity index is 1.93. The lowest BCUT2D eigenvalue weighted by Crippen LogP contribution is -2.60.